The van der Waals surface area contributed by atoms with Crippen LogP contribution in [0.4, 0.5) is 0 Å². The summed E-state index contributed by atoms with van der Waals surface area (Å²) in [4.78, 5) is 14.1. The van der Waals surface area contributed by atoms with Crippen molar-refractivity contribution in [1.82, 2.24) is 10.2 Å². The number of carbonyl (C=O) groups excluding carboxylic acids is 1. The van der Waals surface area contributed by atoms with Crippen LogP contribution in [-0.2, 0) is 0 Å². The molecule has 1 aromatic heterocycles. The summed E-state index contributed by atoms with van der Waals surface area (Å²) in [7, 11) is 3.96. The number of carbonyl (C=O) groups is 1. The van der Waals surface area contributed by atoms with Crippen LogP contribution in [-0.4, -0.2) is 36.6 Å². The van der Waals surface area contributed by atoms with Gasteiger partial charge in [0.1, 0.15) is 5.75 Å². The Morgan fingerprint density at radius 2 is 2.10 bits per heavy atom. The van der Waals surface area contributed by atoms with E-state index < -0.39 is 0 Å². The van der Waals surface area contributed by atoms with Crippen molar-refractivity contribution in [2.75, 3.05) is 20.6 Å². The molecule has 1 aromatic carbocycles. The van der Waals surface area contributed by atoms with Gasteiger partial charge in [0.2, 0.25) is 0 Å². The average Bonchev–Trinajstić information content (AvgIpc) is 2.92. The Labute approximate surface area is 122 Å². The van der Waals surface area contributed by atoms with Crippen molar-refractivity contribution in [2.24, 2.45) is 0 Å². The Hall–Kier alpha value is -1.85. The van der Waals surface area contributed by atoms with Gasteiger partial charge in [0.25, 0.3) is 5.91 Å². The summed E-state index contributed by atoms with van der Waals surface area (Å²) in [5.41, 5.74) is 1.48. The lowest BCUT2D eigenvalue weighted by atomic mass is 10.1. The van der Waals surface area contributed by atoms with Gasteiger partial charge >= 0.3 is 0 Å². The molecule has 1 atom stereocenters. The molecule has 2 rings (SSSR count). The van der Waals surface area contributed by atoms with E-state index in [1.54, 1.807) is 29.5 Å². The van der Waals surface area contributed by atoms with Gasteiger partial charge in [-0.15, -0.1) is 0 Å². The molecular weight excluding hydrogens is 272 g/mol. The topological polar surface area (TPSA) is 52.6 Å². The first kappa shape index (κ1) is 14.6. The van der Waals surface area contributed by atoms with Crippen molar-refractivity contribution in [2.45, 2.75) is 6.04 Å². The lowest BCUT2D eigenvalue weighted by Crippen LogP contribution is -2.34. The summed E-state index contributed by atoms with van der Waals surface area (Å²) in [6, 6.07) is 8.73. The predicted octanol–water partition coefficient (Wildman–Crippen LogP) is 2.49. The fraction of sp³-hybridized carbons (Fsp3) is 0.267. The quantitative estimate of drug-likeness (QED) is 0.889. The number of hydrogen-bond donors (Lipinski definition) is 2. The SMILES string of the molecule is CN(C)[C@H](CNC(=O)c1ccccc1O)c1ccsc1. The highest BCUT2D eigenvalue weighted by atomic mass is 32.1. The Kier molecular flexibility index (Phi) is 4.76. The third kappa shape index (κ3) is 3.37. The van der Waals surface area contributed by atoms with Crippen LogP contribution >= 0.6 is 11.3 Å². The highest BCUT2D eigenvalue weighted by Crippen LogP contribution is 2.21. The van der Waals surface area contributed by atoms with Gasteiger partial charge in [0.05, 0.1) is 11.6 Å². The molecule has 20 heavy (non-hydrogen) atoms. The van der Waals surface area contributed by atoms with E-state index in [1.807, 2.05) is 19.5 Å². The van der Waals surface area contributed by atoms with Gasteiger partial charge in [-0.2, -0.15) is 11.3 Å². The molecule has 0 bridgehead atoms. The highest BCUT2D eigenvalue weighted by molar-refractivity contribution is 7.07. The van der Waals surface area contributed by atoms with Crippen molar-refractivity contribution in [1.29, 1.82) is 0 Å². The minimum absolute atomic E-state index is 0.00179. The number of rotatable bonds is 5. The van der Waals surface area contributed by atoms with Crippen LogP contribution in [0.3, 0.4) is 0 Å². The summed E-state index contributed by atoms with van der Waals surface area (Å²) in [6.45, 7) is 0.497. The Bertz CT molecular complexity index is 567. The average molecular weight is 290 g/mol. The van der Waals surface area contributed by atoms with E-state index in [1.165, 1.54) is 11.6 Å². The summed E-state index contributed by atoms with van der Waals surface area (Å²) in [5.74, 6) is -0.257. The summed E-state index contributed by atoms with van der Waals surface area (Å²) in [6.07, 6.45) is 0. The molecule has 106 valence electrons. The fourth-order valence-electron chi connectivity index (χ4n) is 2.01. The second kappa shape index (κ2) is 6.54. The largest absolute Gasteiger partial charge is 0.507 e. The van der Waals surface area contributed by atoms with Crippen LogP contribution in [0.2, 0.25) is 0 Å². The molecule has 0 aliphatic rings. The van der Waals surface area contributed by atoms with Crippen LogP contribution in [0.1, 0.15) is 22.0 Å². The molecule has 0 aliphatic carbocycles. The zero-order chi connectivity index (χ0) is 14.5. The molecule has 0 spiro atoms. The minimum atomic E-state index is -0.259. The van der Waals surface area contributed by atoms with E-state index in [-0.39, 0.29) is 17.7 Å². The van der Waals surface area contributed by atoms with Crippen molar-refractivity contribution in [3.63, 3.8) is 0 Å². The number of phenols is 1. The number of thiophene rings is 1. The Morgan fingerprint density at radius 1 is 1.35 bits per heavy atom. The third-order valence-electron chi connectivity index (χ3n) is 3.16. The zero-order valence-corrected chi connectivity index (χ0v) is 12.4. The molecule has 2 N–H and O–H groups in total. The number of amides is 1. The van der Waals surface area contributed by atoms with Crippen LogP contribution in [0.15, 0.2) is 41.1 Å². The molecule has 4 nitrogen and oxygen atoms in total. The van der Waals surface area contributed by atoms with Crippen molar-refractivity contribution in [3.8, 4) is 5.75 Å². The van der Waals surface area contributed by atoms with Gasteiger partial charge in [-0.1, -0.05) is 12.1 Å². The Morgan fingerprint density at radius 3 is 2.70 bits per heavy atom. The van der Waals surface area contributed by atoms with E-state index in [9.17, 15) is 9.90 Å². The summed E-state index contributed by atoms with van der Waals surface area (Å²) >= 11 is 1.64. The standard InChI is InChI=1S/C15H18N2O2S/c1-17(2)13(11-7-8-20-10-11)9-16-15(19)12-5-3-4-6-14(12)18/h3-8,10,13,18H,9H2,1-2H3,(H,16,19)/t13-/m1/s1. The predicted molar refractivity (Wildman–Crippen MR) is 81.2 cm³/mol. The zero-order valence-electron chi connectivity index (χ0n) is 11.5. The molecule has 0 radical (unpaired) electrons. The maximum Gasteiger partial charge on any atom is 0.255 e. The monoisotopic (exact) mass is 290 g/mol. The second-order valence-corrected chi connectivity index (χ2v) is 5.54. The van der Waals surface area contributed by atoms with Crippen LogP contribution in [0, 0.1) is 0 Å². The minimum Gasteiger partial charge on any atom is -0.507 e. The van der Waals surface area contributed by atoms with Gasteiger partial charge in [-0.3, -0.25) is 4.79 Å². The van der Waals surface area contributed by atoms with E-state index >= 15 is 0 Å². The van der Waals surface area contributed by atoms with E-state index in [0.717, 1.165) is 0 Å². The molecule has 0 saturated heterocycles. The maximum absolute atomic E-state index is 12.1. The van der Waals surface area contributed by atoms with Crippen LogP contribution < -0.4 is 5.32 Å². The molecular formula is C15H18N2O2S. The van der Waals surface area contributed by atoms with Gasteiger partial charge < -0.3 is 15.3 Å². The lowest BCUT2D eigenvalue weighted by Gasteiger charge is -2.24. The second-order valence-electron chi connectivity index (χ2n) is 4.76. The maximum atomic E-state index is 12.1. The van der Waals surface area contributed by atoms with Gasteiger partial charge in [-0.05, 0) is 48.6 Å². The number of aromatic hydroxyl groups is 1. The van der Waals surface area contributed by atoms with Crippen molar-refractivity contribution in [3.05, 3.63) is 52.2 Å². The van der Waals surface area contributed by atoms with Gasteiger partial charge in [0, 0.05) is 6.54 Å². The number of hydrogen-bond acceptors (Lipinski definition) is 4. The molecule has 2 aromatic rings. The van der Waals surface area contributed by atoms with E-state index in [4.69, 9.17) is 0 Å². The number of nitrogens with one attached hydrogen (secondary N) is 1. The first-order chi connectivity index (χ1) is 9.59. The molecule has 5 heteroatoms. The summed E-state index contributed by atoms with van der Waals surface area (Å²) in [5, 5.41) is 16.6. The van der Waals surface area contributed by atoms with Gasteiger partial charge in [0.15, 0.2) is 0 Å². The smallest absolute Gasteiger partial charge is 0.255 e. The number of para-hydroxylation sites is 1. The first-order valence-electron chi connectivity index (χ1n) is 6.34. The number of benzene rings is 1. The van der Waals surface area contributed by atoms with E-state index in [0.29, 0.717) is 12.1 Å². The molecule has 1 amide bonds. The number of nitrogens with zero attached hydrogens (tertiary/aromatic N) is 1. The molecule has 0 unspecified atom stereocenters. The van der Waals surface area contributed by atoms with Crippen LogP contribution in [0.5, 0.6) is 5.75 Å². The number of phenolic OH excluding ortho intramolecular Hbond substituents is 1. The third-order valence-corrected chi connectivity index (χ3v) is 3.86. The molecule has 0 aliphatic heterocycles. The molecule has 1 heterocycles. The van der Waals surface area contributed by atoms with Crippen molar-refractivity contribution < 1.29 is 9.90 Å². The molecule has 0 saturated carbocycles. The number of likely N-dealkylation sites (N-methyl/N-ethyl adjacent to an activating group) is 1. The lowest BCUT2D eigenvalue weighted by molar-refractivity contribution is 0.0939. The Balaban J connectivity index is 2.03. The van der Waals surface area contributed by atoms with Crippen molar-refractivity contribution >= 4 is 17.2 Å². The van der Waals surface area contributed by atoms with Crippen LogP contribution in [0.25, 0.3) is 0 Å². The normalized spacial score (nSPS) is 12.3. The fourth-order valence-corrected chi connectivity index (χ4v) is 2.72. The van der Waals surface area contributed by atoms with E-state index in [2.05, 4.69) is 21.7 Å². The molecule has 0 fully saturated rings. The first-order valence-corrected chi connectivity index (χ1v) is 7.28. The van der Waals surface area contributed by atoms with Gasteiger partial charge in [-0.25, -0.2) is 0 Å². The summed E-state index contributed by atoms with van der Waals surface area (Å²) < 4.78 is 0. The highest BCUT2D eigenvalue weighted by Gasteiger charge is 2.17.